The highest BCUT2D eigenvalue weighted by Gasteiger charge is 2.69. The Morgan fingerprint density at radius 1 is 1.20 bits per heavy atom. The maximum Gasteiger partial charge on any atom is 0.102 e. The van der Waals surface area contributed by atoms with Gasteiger partial charge in [0.05, 0.1) is 0 Å². The lowest BCUT2D eigenvalue weighted by molar-refractivity contribution is -0.149. The SMILES string of the molecule is CC12CCC(C1)C(C)(C)C2(O)c1cccc2ccsc12. The highest BCUT2D eigenvalue weighted by molar-refractivity contribution is 7.17. The molecule has 1 aromatic heterocycles. The molecule has 4 rings (SSSR count). The zero-order chi connectivity index (χ0) is 14.2. The van der Waals surface area contributed by atoms with Crippen molar-refractivity contribution in [1.29, 1.82) is 0 Å². The fraction of sp³-hybridized carbons (Fsp3) is 0.556. The summed E-state index contributed by atoms with van der Waals surface area (Å²) in [6.45, 7) is 6.84. The summed E-state index contributed by atoms with van der Waals surface area (Å²) < 4.78 is 1.27. The number of fused-ring (bicyclic) bond motifs is 3. The van der Waals surface area contributed by atoms with Gasteiger partial charge in [-0.05, 0) is 42.0 Å². The molecule has 1 nitrogen and oxygen atoms in total. The van der Waals surface area contributed by atoms with E-state index in [1.54, 1.807) is 11.3 Å². The Morgan fingerprint density at radius 3 is 2.70 bits per heavy atom. The van der Waals surface area contributed by atoms with Crippen molar-refractivity contribution in [2.24, 2.45) is 16.7 Å². The van der Waals surface area contributed by atoms with Gasteiger partial charge in [0, 0.05) is 21.1 Å². The molecule has 2 saturated carbocycles. The Labute approximate surface area is 124 Å². The standard InChI is InChI=1S/C18H22OS/c1-16(2)13-7-9-17(3,11-13)18(16,19)14-6-4-5-12-8-10-20-15(12)14/h4-6,8,10,13,19H,7,9,11H2,1-3H3. The van der Waals surface area contributed by atoms with Crippen molar-refractivity contribution in [3.8, 4) is 0 Å². The maximum atomic E-state index is 11.9. The summed E-state index contributed by atoms with van der Waals surface area (Å²) >= 11 is 1.77. The molecule has 0 saturated heterocycles. The van der Waals surface area contributed by atoms with Crippen molar-refractivity contribution < 1.29 is 5.11 Å². The second-order valence-corrected chi connectivity index (χ2v) is 8.49. The molecule has 2 aliphatic carbocycles. The van der Waals surface area contributed by atoms with E-state index in [2.05, 4.69) is 50.4 Å². The second-order valence-electron chi connectivity index (χ2n) is 7.58. The molecule has 2 fully saturated rings. The predicted octanol–water partition coefficient (Wildman–Crippen LogP) is 4.94. The molecule has 20 heavy (non-hydrogen) atoms. The Bertz CT molecular complexity index is 679. The van der Waals surface area contributed by atoms with Crippen LogP contribution >= 0.6 is 11.3 Å². The average Bonchev–Trinajstić information content (AvgIpc) is 3.06. The molecular weight excluding hydrogens is 264 g/mol. The third kappa shape index (κ3) is 1.23. The van der Waals surface area contributed by atoms with Crippen LogP contribution in [0.1, 0.15) is 45.6 Å². The zero-order valence-electron chi connectivity index (χ0n) is 12.4. The average molecular weight is 286 g/mol. The number of thiophene rings is 1. The van der Waals surface area contributed by atoms with Crippen LogP contribution in [-0.2, 0) is 5.60 Å². The van der Waals surface area contributed by atoms with E-state index < -0.39 is 5.60 Å². The summed E-state index contributed by atoms with van der Waals surface area (Å²) in [6.07, 6.45) is 3.59. The lowest BCUT2D eigenvalue weighted by Gasteiger charge is -2.51. The molecule has 0 aliphatic heterocycles. The fourth-order valence-corrected chi connectivity index (χ4v) is 6.17. The molecule has 1 aromatic carbocycles. The Kier molecular flexibility index (Phi) is 2.35. The van der Waals surface area contributed by atoms with Crippen molar-refractivity contribution >= 4 is 21.4 Å². The van der Waals surface area contributed by atoms with E-state index in [0.29, 0.717) is 5.92 Å². The van der Waals surface area contributed by atoms with Crippen LogP contribution in [0.3, 0.4) is 0 Å². The molecule has 1 heterocycles. The quantitative estimate of drug-likeness (QED) is 0.787. The van der Waals surface area contributed by atoms with Gasteiger partial charge in [-0.2, -0.15) is 0 Å². The van der Waals surface area contributed by atoms with E-state index in [-0.39, 0.29) is 10.8 Å². The topological polar surface area (TPSA) is 20.2 Å². The van der Waals surface area contributed by atoms with Crippen molar-refractivity contribution in [2.45, 2.75) is 45.6 Å². The number of rotatable bonds is 1. The number of aliphatic hydroxyl groups is 1. The van der Waals surface area contributed by atoms with Gasteiger partial charge in [0.1, 0.15) is 5.60 Å². The fourth-order valence-electron chi connectivity index (χ4n) is 5.21. The Hall–Kier alpha value is -0.860. The summed E-state index contributed by atoms with van der Waals surface area (Å²) in [5.74, 6) is 0.646. The Balaban J connectivity index is 2.03. The largest absolute Gasteiger partial charge is 0.384 e. The van der Waals surface area contributed by atoms with Gasteiger partial charge < -0.3 is 5.11 Å². The molecule has 2 aliphatic rings. The van der Waals surface area contributed by atoms with Gasteiger partial charge in [-0.1, -0.05) is 39.0 Å². The van der Waals surface area contributed by atoms with Gasteiger partial charge in [0.25, 0.3) is 0 Å². The van der Waals surface area contributed by atoms with E-state index in [4.69, 9.17) is 0 Å². The smallest absolute Gasteiger partial charge is 0.102 e. The van der Waals surface area contributed by atoms with Crippen LogP contribution in [0.5, 0.6) is 0 Å². The van der Waals surface area contributed by atoms with E-state index in [1.165, 1.54) is 22.1 Å². The summed E-state index contributed by atoms with van der Waals surface area (Å²) in [6, 6.07) is 8.58. The first-order chi connectivity index (χ1) is 9.40. The van der Waals surface area contributed by atoms with Gasteiger partial charge >= 0.3 is 0 Å². The number of benzene rings is 1. The summed E-state index contributed by atoms with van der Waals surface area (Å²) in [5.41, 5.74) is 0.449. The first kappa shape index (κ1) is 12.8. The van der Waals surface area contributed by atoms with Gasteiger partial charge in [0.2, 0.25) is 0 Å². The first-order valence-corrected chi connectivity index (χ1v) is 8.47. The molecule has 3 atom stereocenters. The monoisotopic (exact) mass is 286 g/mol. The first-order valence-electron chi connectivity index (χ1n) is 7.59. The van der Waals surface area contributed by atoms with E-state index in [1.807, 2.05) is 0 Å². The third-order valence-corrected chi connectivity index (χ3v) is 7.40. The van der Waals surface area contributed by atoms with Gasteiger partial charge in [-0.25, -0.2) is 0 Å². The third-order valence-electron chi connectivity index (χ3n) is 6.44. The predicted molar refractivity (Wildman–Crippen MR) is 85.0 cm³/mol. The van der Waals surface area contributed by atoms with Crippen LogP contribution < -0.4 is 0 Å². The molecule has 2 heteroatoms. The molecule has 0 spiro atoms. The number of hydrogen-bond donors (Lipinski definition) is 1. The minimum Gasteiger partial charge on any atom is -0.384 e. The van der Waals surface area contributed by atoms with Crippen molar-refractivity contribution in [2.75, 3.05) is 0 Å². The van der Waals surface area contributed by atoms with Crippen molar-refractivity contribution in [3.05, 3.63) is 35.2 Å². The normalized spacial score (nSPS) is 38.7. The van der Waals surface area contributed by atoms with Crippen LogP contribution in [0, 0.1) is 16.7 Å². The Morgan fingerprint density at radius 2 is 2.00 bits per heavy atom. The van der Waals surface area contributed by atoms with Crippen molar-refractivity contribution in [1.82, 2.24) is 0 Å². The second kappa shape index (κ2) is 3.66. The molecular formula is C18H22OS. The molecule has 106 valence electrons. The van der Waals surface area contributed by atoms with E-state index in [0.717, 1.165) is 12.8 Å². The van der Waals surface area contributed by atoms with Crippen LogP contribution in [0.2, 0.25) is 0 Å². The molecule has 2 aromatic rings. The lowest BCUT2D eigenvalue weighted by Crippen LogP contribution is -2.51. The molecule has 0 amide bonds. The van der Waals surface area contributed by atoms with Crippen LogP contribution in [0.25, 0.3) is 10.1 Å². The molecule has 3 unspecified atom stereocenters. The van der Waals surface area contributed by atoms with E-state index >= 15 is 0 Å². The summed E-state index contributed by atoms with van der Waals surface area (Å²) in [4.78, 5) is 0. The lowest BCUT2D eigenvalue weighted by atomic mass is 9.57. The van der Waals surface area contributed by atoms with Crippen molar-refractivity contribution in [3.63, 3.8) is 0 Å². The summed E-state index contributed by atoms with van der Waals surface area (Å²) in [5, 5.41) is 15.3. The molecule has 2 bridgehead atoms. The molecule has 1 N–H and O–H groups in total. The van der Waals surface area contributed by atoms with Gasteiger partial charge in [-0.15, -0.1) is 11.3 Å². The zero-order valence-corrected chi connectivity index (χ0v) is 13.3. The van der Waals surface area contributed by atoms with Crippen LogP contribution in [-0.4, -0.2) is 5.11 Å². The van der Waals surface area contributed by atoms with Crippen LogP contribution in [0.4, 0.5) is 0 Å². The van der Waals surface area contributed by atoms with Gasteiger partial charge in [0.15, 0.2) is 0 Å². The highest BCUT2D eigenvalue weighted by atomic mass is 32.1. The molecule has 0 radical (unpaired) electrons. The number of hydrogen-bond acceptors (Lipinski definition) is 2. The highest BCUT2D eigenvalue weighted by Crippen LogP contribution is 2.72. The van der Waals surface area contributed by atoms with Gasteiger partial charge in [-0.3, -0.25) is 0 Å². The minimum absolute atomic E-state index is 0.0272. The van der Waals surface area contributed by atoms with Crippen LogP contribution in [0.15, 0.2) is 29.6 Å². The summed E-state index contributed by atoms with van der Waals surface area (Å²) in [7, 11) is 0. The maximum absolute atomic E-state index is 11.9. The minimum atomic E-state index is -0.701. The van der Waals surface area contributed by atoms with E-state index in [9.17, 15) is 5.11 Å².